The van der Waals surface area contributed by atoms with Crippen molar-refractivity contribution in [3.05, 3.63) is 77.1 Å². The highest BCUT2D eigenvalue weighted by atomic mass is 19.2. The Balaban J connectivity index is 2.04. The van der Waals surface area contributed by atoms with Crippen molar-refractivity contribution < 1.29 is 17.9 Å². The lowest BCUT2D eigenvalue weighted by Crippen LogP contribution is -1.90. The molecular formula is C21H17F3O. The van der Waals surface area contributed by atoms with Gasteiger partial charge >= 0.3 is 0 Å². The summed E-state index contributed by atoms with van der Waals surface area (Å²) in [5, 5.41) is 0.767. The molecule has 1 nitrogen and oxygen atoms in total. The zero-order chi connectivity index (χ0) is 18.0. The number of fused-ring (bicyclic) bond motifs is 1. The van der Waals surface area contributed by atoms with E-state index in [1.54, 1.807) is 30.3 Å². The molecule has 0 heterocycles. The summed E-state index contributed by atoms with van der Waals surface area (Å²) in [4.78, 5) is 0. The molecule has 0 unspecified atom stereocenters. The Morgan fingerprint density at radius 3 is 2.16 bits per heavy atom. The Kier molecular flexibility index (Phi) is 4.79. The maximum absolute atomic E-state index is 14.6. The fourth-order valence-electron chi connectivity index (χ4n) is 2.71. The normalized spacial score (nSPS) is 12.2. The van der Waals surface area contributed by atoms with Crippen LogP contribution in [0.3, 0.4) is 0 Å². The van der Waals surface area contributed by atoms with E-state index in [1.807, 2.05) is 6.92 Å². The van der Waals surface area contributed by atoms with Crippen LogP contribution in [-0.4, -0.2) is 7.11 Å². The third kappa shape index (κ3) is 3.25. The first kappa shape index (κ1) is 17.1. The second-order valence-electron chi connectivity index (χ2n) is 5.70. The summed E-state index contributed by atoms with van der Waals surface area (Å²) in [5.74, 6) is -2.32. The molecule has 0 radical (unpaired) electrons. The van der Waals surface area contributed by atoms with E-state index in [0.717, 1.165) is 12.0 Å². The molecule has 3 rings (SSSR count). The molecule has 128 valence electrons. The molecule has 0 aliphatic carbocycles. The Bertz CT molecular complexity index is 943. The fourth-order valence-corrected chi connectivity index (χ4v) is 2.71. The molecule has 0 N–H and O–H groups in total. The van der Waals surface area contributed by atoms with Gasteiger partial charge in [0.2, 0.25) is 0 Å². The Hall–Kier alpha value is -2.75. The Labute approximate surface area is 144 Å². The van der Waals surface area contributed by atoms with Crippen LogP contribution in [0.1, 0.15) is 23.6 Å². The van der Waals surface area contributed by atoms with E-state index in [4.69, 9.17) is 4.74 Å². The zero-order valence-electron chi connectivity index (χ0n) is 13.9. The number of hydrogen-bond donors (Lipinski definition) is 0. The average Bonchev–Trinajstić information content (AvgIpc) is 2.67. The summed E-state index contributed by atoms with van der Waals surface area (Å²) >= 11 is 0. The van der Waals surface area contributed by atoms with Crippen molar-refractivity contribution in [1.29, 1.82) is 0 Å². The van der Waals surface area contributed by atoms with Crippen LogP contribution in [0, 0.1) is 5.82 Å². The van der Waals surface area contributed by atoms with Crippen LogP contribution in [0.5, 0.6) is 5.75 Å². The molecule has 0 amide bonds. The van der Waals surface area contributed by atoms with Crippen molar-refractivity contribution in [3.63, 3.8) is 0 Å². The smallest absolute Gasteiger partial charge is 0.172 e. The minimum Gasteiger partial charge on any atom is -0.494 e. The van der Waals surface area contributed by atoms with Gasteiger partial charge in [0.1, 0.15) is 0 Å². The second-order valence-corrected chi connectivity index (χ2v) is 5.70. The molecule has 0 saturated carbocycles. The van der Waals surface area contributed by atoms with Crippen molar-refractivity contribution in [1.82, 2.24) is 0 Å². The van der Waals surface area contributed by atoms with Gasteiger partial charge in [0.15, 0.2) is 23.2 Å². The molecule has 0 atom stereocenters. The maximum Gasteiger partial charge on any atom is 0.172 e. The van der Waals surface area contributed by atoms with E-state index in [-0.39, 0.29) is 16.9 Å². The van der Waals surface area contributed by atoms with Gasteiger partial charge in [0.25, 0.3) is 0 Å². The summed E-state index contributed by atoms with van der Waals surface area (Å²) in [6.07, 6.45) is 0.827. The van der Waals surface area contributed by atoms with Gasteiger partial charge in [-0.1, -0.05) is 49.4 Å². The largest absolute Gasteiger partial charge is 0.494 e. The molecule has 0 saturated heterocycles. The van der Waals surface area contributed by atoms with Crippen molar-refractivity contribution in [2.24, 2.45) is 0 Å². The van der Waals surface area contributed by atoms with Gasteiger partial charge in [-0.3, -0.25) is 0 Å². The van der Waals surface area contributed by atoms with E-state index in [2.05, 4.69) is 0 Å². The first-order valence-corrected chi connectivity index (χ1v) is 7.96. The van der Waals surface area contributed by atoms with E-state index >= 15 is 0 Å². The lowest BCUT2D eigenvalue weighted by atomic mass is 10.0. The number of methoxy groups -OCH3 is 1. The van der Waals surface area contributed by atoms with E-state index in [9.17, 15) is 13.2 Å². The summed E-state index contributed by atoms with van der Waals surface area (Å²) in [6.45, 7) is 1.99. The number of rotatable bonds is 4. The molecule has 0 aromatic heterocycles. The van der Waals surface area contributed by atoms with Crippen LogP contribution >= 0.6 is 0 Å². The van der Waals surface area contributed by atoms with E-state index < -0.39 is 17.5 Å². The quantitative estimate of drug-likeness (QED) is 0.505. The van der Waals surface area contributed by atoms with E-state index in [0.29, 0.717) is 10.8 Å². The summed E-state index contributed by atoms with van der Waals surface area (Å²) in [5.41, 5.74) is 1.29. The molecule has 0 aliphatic heterocycles. The van der Waals surface area contributed by atoms with Crippen molar-refractivity contribution in [2.75, 3.05) is 7.11 Å². The van der Waals surface area contributed by atoms with E-state index in [1.165, 1.54) is 31.4 Å². The SMILES string of the molecule is CCc1ccc(C(F)=C(F)c2ccc3c(F)c(OC)ccc3c2)cc1. The van der Waals surface area contributed by atoms with Gasteiger partial charge in [0.05, 0.1) is 7.11 Å². The minimum absolute atomic E-state index is 0.0640. The molecule has 0 spiro atoms. The number of aryl methyl sites for hydroxylation is 1. The standard InChI is InChI=1S/C21H17F3O/c1-3-13-4-6-14(7-5-13)19(22)20(23)16-8-10-17-15(12-16)9-11-18(25-2)21(17)24/h4-12H,3H2,1-2H3. The molecule has 0 bridgehead atoms. The van der Waals surface area contributed by atoms with Gasteiger partial charge < -0.3 is 4.74 Å². The Morgan fingerprint density at radius 1 is 0.880 bits per heavy atom. The molecule has 0 fully saturated rings. The summed E-state index contributed by atoms with van der Waals surface area (Å²) in [7, 11) is 1.38. The van der Waals surface area contributed by atoms with Crippen LogP contribution in [0.4, 0.5) is 13.2 Å². The fraction of sp³-hybridized carbons (Fsp3) is 0.143. The van der Waals surface area contributed by atoms with Gasteiger partial charge in [-0.25, -0.2) is 13.2 Å². The lowest BCUT2D eigenvalue weighted by molar-refractivity contribution is 0.389. The predicted molar refractivity (Wildman–Crippen MR) is 95.3 cm³/mol. The number of benzene rings is 3. The summed E-state index contributed by atoms with van der Waals surface area (Å²) < 4.78 is 48.1. The average molecular weight is 342 g/mol. The Morgan fingerprint density at radius 2 is 1.52 bits per heavy atom. The van der Waals surface area contributed by atoms with Crippen LogP contribution < -0.4 is 4.74 Å². The van der Waals surface area contributed by atoms with Crippen molar-refractivity contribution in [2.45, 2.75) is 13.3 Å². The highest BCUT2D eigenvalue weighted by Crippen LogP contribution is 2.33. The predicted octanol–water partition coefficient (Wildman–Crippen LogP) is 6.31. The molecule has 3 aromatic rings. The molecular weight excluding hydrogens is 325 g/mol. The molecule has 4 heteroatoms. The minimum atomic E-state index is -0.970. The molecule has 25 heavy (non-hydrogen) atoms. The third-order valence-corrected chi connectivity index (χ3v) is 4.20. The zero-order valence-corrected chi connectivity index (χ0v) is 13.9. The van der Waals surface area contributed by atoms with Crippen molar-refractivity contribution >= 4 is 22.4 Å². The topological polar surface area (TPSA) is 9.23 Å². The third-order valence-electron chi connectivity index (χ3n) is 4.20. The second kappa shape index (κ2) is 7.01. The van der Waals surface area contributed by atoms with Crippen molar-refractivity contribution in [3.8, 4) is 5.75 Å². The highest BCUT2D eigenvalue weighted by molar-refractivity contribution is 5.91. The van der Waals surface area contributed by atoms with Crippen LogP contribution in [-0.2, 0) is 6.42 Å². The number of ether oxygens (including phenoxy) is 1. The number of halogens is 3. The molecule has 0 aliphatic rings. The van der Waals surface area contributed by atoms with Gasteiger partial charge in [-0.2, -0.15) is 0 Å². The highest BCUT2D eigenvalue weighted by Gasteiger charge is 2.14. The maximum atomic E-state index is 14.6. The van der Waals surface area contributed by atoms with Crippen LogP contribution in [0.2, 0.25) is 0 Å². The first-order valence-electron chi connectivity index (χ1n) is 7.96. The first-order chi connectivity index (χ1) is 12.0. The lowest BCUT2D eigenvalue weighted by Gasteiger charge is -2.08. The molecule has 3 aromatic carbocycles. The van der Waals surface area contributed by atoms with Gasteiger partial charge in [-0.15, -0.1) is 0 Å². The van der Waals surface area contributed by atoms with Crippen LogP contribution in [0.25, 0.3) is 22.4 Å². The van der Waals surface area contributed by atoms with Gasteiger partial charge in [0, 0.05) is 16.5 Å². The summed E-state index contributed by atoms with van der Waals surface area (Å²) in [6, 6.07) is 13.9. The number of hydrogen-bond acceptors (Lipinski definition) is 1. The van der Waals surface area contributed by atoms with Crippen LogP contribution in [0.15, 0.2) is 54.6 Å². The van der Waals surface area contributed by atoms with Gasteiger partial charge in [-0.05, 0) is 29.5 Å². The monoisotopic (exact) mass is 342 g/mol.